The minimum Gasteiger partial charge on any atom is -0.393 e. The third-order valence-corrected chi connectivity index (χ3v) is 3.94. The predicted octanol–water partition coefficient (Wildman–Crippen LogP) is 1.90. The third-order valence-electron chi connectivity index (χ3n) is 3.94. The Hall–Kier alpha value is -0.870. The topological polar surface area (TPSA) is 47.3 Å². The van der Waals surface area contributed by atoms with Crippen molar-refractivity contribution in [3.8, 4) is 0 Å². The number of aryl methyl sites for hydroxylation is 2. The zero-order valence-electron chi connectivity index (χ0n) is 11.6. The number of aromatic nitrogens is 2. The predicted molar refractivity (Wildman–Crippen MR) is 70.6 cm³/mol. The zero-order chi connectivity index (χ0) is 13.1. The van der Waals surface area contributed by atoms with Crippen molar-refractivity contribution in [1.82, 2.24) is 9.78 Å². The van der Waals surface area contributed by atoms with Crippen LogP contribution in [0.5, 0.6) is 0 Å². The quantitative estimate of drug-likeness (QED) is 0.870. The molecule has 1 saturated heterocycles. The van der Waals surface area contributed by atoms with Gasteiger partial charge >= 0.3 is 0 Å². The zero-order valence-corrected chi connectivity index (χ0v) is 11.6. The largest absolute Gasteiger partial charge is 0.393 e. The van der Waals surface area contributed by atoms with Gasteiger partial charge in [0.2, 0.25) is 0 Å². The number of rotatable bonds is 5. The lowest BCUT2D eigenvalue weighted by Crippen LogP contribution is -2.15. The van der Waals surface area contributed by atoms with E-state index in [0.717, 1.165) is 37.3 Å². The number of aliphatic hydroxyl groups excluding tert-OH is 1. The van der Waals surface area contributed by atoms with Crippen LogP contribution in [0, 0.1) is 13.8 Å². The Labute approximate surface area is 109 Å². The van der Waals surface area contributed by atoms with Crippen LogP contribution in [-0.2, 0) is 18.2 Å². The summed E-state index contributed by atoms with van der Waals surface area (Å²) < 4.78 is 7.46. The average molecular weight is 252 g/mol. The maximum Gasteiger partial charge on any atom is 0.0629 e. The van der Waals surface area contributed by atoms with Gasteiger partial charge in [-0.15, -0.1) is 0 Å². The van der Waals surface area contributed by atoms with Gasteiger partial charge in [0.1, 0.15) is 0 Å². The van der Waals surface area contributed by atoms with Crippen LogP contribution in [0.2, 0.25) is 0 Å². The first-order chi connectivity index (χ1) is 8.58. The summed E-state index contributed by atoms with van der Waals surface area (Å²) in [5.41, 5.74) is 3.38. The van der Waals surface area contributed by atoms with Gasteiger partial charge in [-0.25, -0.2) is 0 Å². The van der Waals surface area contributed by atoms with E-state index in [9.17, 15) is 5.11 Å². The second-order valence-electron chi connectivity index (χ2n) is 5.34. The molecular weight excluding hydrogens is 228 g/mol. The van der Waals surface area contributed by atoms with Gasteiger partial charge in [0, 0.05) is 25.8 Å². The van der Waals surface area contributed by atoms with Crippen molar-refractivity contribution < 1.29 is 9.84 Å². The second kappa shape index (κ2) is 5.85. The van der Waals surface area contributed by atoms with Gasteiger partial charge in [-0.05, 0) is 45.1 Å². The Morgan fingerprint density at radius 3 is 2.83 bits per heavy atom. The third kappa shape index (κ3) is 3.12. The fraction of sp³-hybridized carbons (Fsp3) is 0.786. The molecule has 2 rings (SSSR count). The fourth-order valence-electron chi connectivity index (χ4n) is 2.70. The van der Waals surface area contributed by atoms with Gasteiger partial charge in [-0.3, -0.25) is 4.68 Å². The Morgan fingerprint density at radius 2 is 2.28 bits per heavy atom. The van der Waals surface area contributed by atoms with Gasteiger partial charge < -0.3 is 9.84 Å². The fourth-order valence-corrected chi connectivity index (χ4v) is 2.70. The molecule has 1 fully saturated rings. The van der Waals surface area contributed by atoms with Crippen LogP contribution >= 0.6 is 0 Å². The molecule has 0 amide bonds. The number of nitrogens with zero attached hydrogens (tertiary/aromatic N) is 2. The van der Waals surface area contributed by atoms with Gasteiger partial charge in [-0.2, -0.15) is 5.10 Å². The highest BCUT2D eigenvalue weighted by Gasteiger charge is 2.19. The van der Waals surface area contributed by atoms with E-state index in [0.29, 0.717) is 12.5 Å². The van der Waals surface area contributed by atoms with Crippen molar-refractivity contribution in [2.75, 3.05) is 6.61 Å². The lowest BCUT2D eigenvalue weighted by Gasteiger charge is -2.14. The van der Waals surface area contributed by atoms with E-state index in [1.165, 1.54) is 12.0 Å². The van der Waals surface area contributed by atoms with Crippen LogP contribution in [-0.4, -0.2) is 33.7 Å². The highest BCUT2D eigenvalue weighted by Crippen LogP contribution is 2.20. The first kappa shape index (κ1) is 13.6. The minimum absolute atomic E-state index is 0.282. The van der Waals surface area contributed by atoms with Crippen LogP contribution in [0.3, 0.4) is 0 Å². The molecule has 18 heavy (non-hydrogen) atoms. The van der Waals surface area contributed by atoms with Crippen molar-refractivity contribution in [3.63, 3.8) is 0 Å². The smallest absolute Gasteiger partial charge is 0.0629 e. The van der Waals surface area contributed by atoms with Crippen molar-refractivity contribution in [3.05, 3.63) is 17.0 Å². The summed E-state index contributed by atoms with van der Waals surface area (Å²) in [6.45, 7) is 4.96. The minimum atomic E-state index is -0.282. The molecule has 0 radical (unpaired) electrons. The van der Waals surface area contributed by atoms with Gasteiger partial charge in [-0.1, -0.05) is 0 Å². The van der Waals surface area contributed by atoms with Crippen molar-refractivity contribution >= 4 is 0 Å². The molecule has 1 N–H and O–H groups in total. The molecule has 2 heterocycles. The molecule has 1 aliphatic heterocycles. The summed E-state index contributed by atoms with van der Waals surface area (Å²) in [7, 11) is 1.95. The van der Waals surface area contributed by atoms with Gasteiger partial charge in [0.15, 0.2) is 0 Å². The highest BCUT2D eigenvalue weighted by atomic mass is 16.5. The average Bonchev–Trinajstić information content (AvgIpc) is 2.92. The van der Waals surface area contributed by atoms with Crippen LogP contribution in [0.25, 0.3) is 0 Å². The van der Waals surface area contributed by atoms with E-state index in [1.807, 2.05) is 18.7 Å². The molecule has 1 aliphatic rings. The summed E-state index contributed by atoms with van der Waals surface area (Å²) in [5.74, 6) is 0. The van der Waals surface area contributed by atoms with Crippen LogP contribution in [0.1, 0.15) is 42.6 Å². The monoisotopic (exact) mass is 252 g/mol. The number of aliphatic hydroxyl groups is 1. The summed E-state index contributed by atoms with van der Waals surface area (Å²) in [6, 6.07) is 0. The summed E-state index contributed by atoms with van der Waals surface area (Å²) in [5, 5.41) is 14.5. The van der Waals surface area contributed by atoms with Crippen LogP contribution < -0.4 is 0 Å². The maximum absolute atomic E-state index is 10.1. The Balaban J connectivity index is 1.84. The highest BCUT2D eigenvalue weighted by molar-refractivity contribution is 5.24. The molecule has 0 bridgehead atoms. The molecule has 4 heteroatoms. The number of hydrogen-bond acceptors (Lipinski definition) is 3. The van der Waals surface area contributed by atoms with Crippen molar-refractivity contribution in [1.29, 1.82) is 0 Å². The molecular formula is C14H24N2O2. The first-order valence-electron chi connectivity index (χ1n) is 6.86. The Bertz CT molecular complexity index is 395. The molecule has 2 unspecified atom stereocenters. The molecule has 102 valence electrons. The molecule has 4 nitrogen and oxygen atoms in total. The second-order valence-corrected chi connectivity index (χ2v) is 5.34. The van der Waals surface area contributed by atoms with E-state index >= 15 is 0 Å². The Kier molecular flexibility index (Phi) is 4.40. The lowest BCUT2D eigenvalue weighted by atomic mass is 10.0. The maximum atomic E-state index is 10.1. The van der Waals surface area contributed by atoms with Crippen LogP contribution in [0.15, 0.2) is 0 Å². The summed E-state index contributed by atoms with van der Waals surface area (Å²) in [4.78, 5) is 0. The standard InChI is InChI=1S/C14H24N2O2/c1-10-14(11(2)16(3)15-10)9-12(17)6-7-13-5-4-8-18-13/h12-13,17H,4-9H2,1-3H3. The van der Waals surface area contributed by atoms with Gasteiger partial charge in [0.25, 0.3) is 0 Å². The first-order valence-corrected chi connectivity index (χ1v) is 6.86. The van der Waals surface area contributed by atoms with E-state index in [-0.39, 0.29) is 6.10 Å². The SMILES string of the molecule is Cc1nn(C)c(C)c1CC(O)CCC1CCCO1. The molecule has 1 aromatic rings. The molecule has 1 aromatic heterocycles. The number of hydrogen-bond donors (Lipinski definition) is 1. The lowest BCUT2D eigenvalue weighted by molar-refractivity contribution is 0.0812. The molecule has 2 atom stereocenters. The normalized spacial score (nSPS) is 21.4. The Morgan fingerprint density at radius 1 is 1.50 bits per heavy atom. The van der Waals surface area contributed by atoms with Crippen molar-refractivity contribution in [2.45, 2.75) is 58.2 Å². The van der Waals surface area contributed by atoms with Gasteiger partial charge in [0.05, 0.1) is 17.9 Å². The van der Waals surface area contributed by atoms with E-state index in [1.54, 1.807) is 0 Å². The molecule has 0 saturated carbocycles. The summed E-state index contributed by atoms with van der Waals surface area (Å²) >= 11 is 0. The molecule has 0 aromatic carbocycles. The number of ether oxygens (including phenoxy) is 1. The molecule has 0 aliphatic carbocycles. The van der Waals surface area contributed by atoms with Crippen molar-refractivity contribution in [2.24, 2.45) is 7.05 Å². The van der Waals surface area contributed by atoms with E-state index < -0.39 is 0 Å². The molecule has 0 spiro atoms. The van der Waals surface area contributed by atoms with Crippen LogP contribution in [0.4, 0.5) is 0 Å². The van der Waals surface area contributed by atoms with E-state index in [2.05, 4.69) is 12.0 Å². The van der Waals surface area contributed by atoms with E-state index in [4.69, 9.17) is 4.74 Å². The summed E-state index contributed by atoms with van der Waals surface area (Å²) in [6.07, 6.45) is 4.90.